The maximum atomic E-state index is 6.08. The molecule has 0 atom stereocenters. The molecule has 65 valence electrons. The van der Waals surface area contributed by atoms with Gasteiger partial charge in [0.05, 0.1) is 0 Å². The van der Waals surface area contributed by atoms with E-state index in [1.807, 2.05) is 24.3 Å². The van der Waals surface area contributed by atoms with Crippen molar-refractivity contribution in [1.29, 1.82) is 0 Å². The highest BCUT2D eigenvalue weighted by Gasteiger charge is 2.03. The topological polar surface area (TPSA) is 0 Å². The zero-order valence-electron chi connectivity index (χ0n) is 7.17. The van der Waals surface area contributed by atoms with Crippen LogP contribution in [0.3, 0.4) is 0 Å². The molecule has 13 heavy (non-hydrogen) atoms. The standard InChI is InChI=1S/C11H8ClS/c1-8-4-5-10(12)9(7-8)11-3-2-6-13-11/h2-5,7H,1H3. The van der Waals surface area contributed by atoms with Crippen molar-refractivity contribution in [3.8, 4) is 10.4 Å². The minimum Gasteiger partial charge on any atom is -0.134 e. The lowest BCUT2D eigenvalue weighted by atomic mass is 10.1. The van der Waals surface area contributed by atoms with Crippen LogP contribution in [0.1, 0.15) is 5.56 Å². The highest BCUT2D eigenvalue weighted by Crippen LogP contribution is 2.31. The molecule has 0 aliphatic rings. The van der Waals surface area contributed by atoms with Crippen molar-refractivity contribution < 1.29 is 0 Å². The second kappa shape index (κ2) is 3.52. The molecular formula is C11H8ClS. The average Bonchev–Trinajstić information content (AvgIpc) is 2.61. The zero-order chi connectivity index (χ0) is 9.26. The number of aryl methyl sites for hydroxylation is 1. The Morgan fingerprint density at radius 1 is 1.31 bits per heavy atom. The first-order valence-corrected chi connectivity index (χ1v) is 5.19. The molecule has 0 saturated carbocycles. The van der Waals surface area contributed by atoms with Gasteiger partial charge in [-0.3, -0.25) is 0 Å². The zero-order valence-corrected chi connectivity index (χ0v) is 8.75. The number of thiophene rings is 1. The predicted octanol–water partition coefficient (Wildman–Crippen LogP) is 4.18. The summed E-state index contributed by atoms with van der Waals surface area (Å²) >= 11 is 7.67. The SMILES string of the molecule is Cc1ccc(Cl)c(-c2cc[c]s2)c1. The molecule has 0 unspecified atom stereocenters. The van der Waals surface area contributed by atoms with Crippen LogP contribution in [0.4, 0.5) is 0 Å². The van der Waals surface area contributed by atoms with Crippen LogP contribution in [-0.2, 0) is 0 Å². The van der Waals surface area contributed by atoms with Crippen molar-refractivity contribution >= 4 is 22.9 Å². The lowest BCUT2D eigenvalue weighted by molar-refractivity contribution is 1.48. The Balaban J connectivity index is 2.57. The van der Waals surface area contributed by atoms with E-state index in [0.717, 1.165) is 10.6 Å². The summed E-state index contributed by atoms with van der Waals surface area (Å²) < 4.78 is 0. The van der Waals surface area contributed by atoms with Crippen LogP contribution in [0.2, 0.25) is 5.02 Å². The average molecular weight is 208 g/mol. The molecule has 0 bridgehead atoms. The number of hydrogen-bond acceptors (Lipinski definition) is 1. The summed E-state index contributed by atoms with van der Waals surface area (Å²) in [5, 5.41) is 3.86. The summed E-state index contributed by atoms with van der Waals surface area (Å²) in [6.07, 6.45) is 0. The molecule has 0 spiro atoms. The van der Waals surface area contributed by atoms with Gasteiger partial charge in [0.1, 0.15) is 0 Å². The smallest absolute Gasteiger partial charge is 0.0492 e. The lowest BCUT2D eigenvalue weighted by Gasteiger charge is -2.01. The summed E-state index contributed by atoms with van der Waals surface area (Å²) in [5.74, 6) is 0. The Hall–Kier alpha value is -0.790. The van der Waals surface area contributed by atoms with Crippen molar-refractivity contribution in [1.82, 2.24) is 0 Å². The molecule has 2 aromatic rings. The van der Waals surface area contributed by atoms with E-state index in [0.29, 0.717) is 0 Å². The number of halogens is 1. The van der Waals surface area contributed by atoms with Gasteiger partial charge in [0.25, 0.3) is 0 Å². The van der Waals surface area contributed by atoms with Gasteiger partial charge >= 0.3 is 0 Å². The molecule has 2 heteroatoms. The van der Waals surface area contributed by atoms with Gasteiger partial charge in [-0.25, -0.2) is 0 Å². The first-order valence-electron chi connectivity index (χ1n) is 4.00. The van der Waals surface area contributed by atoms with Gasteiger partial charge in [0.15, 0.2) is 0 Å². The van der Waals surface area contributed by atoms with Crippen molar-refractivity contribution in [3.05, 3.63) is 46.3 Å². The first-order chi connectivity index (χ1) is 6.27. The minimum absolute atomic E-state index is 0.807. The van der Waals surface area contributed by atoms with Crippen LogP contribution in [0.15, 0.2) is 30.3 Å². The molecule has 0 fully saturated rings. The summed E-state index contributed by atoms with van der Waals surface area (Å²) in [4.78, 5) is 1.17. The second-order valence-electron chi connectivity index (χ2n) is 2.90. The van der Waals surface area contributed by atoms with Gasteiger partial charge in [-0.15, -0.1) is 11.3 Å². The number of hydrogen-bond donors (Lipinski definition) is 0. The van der Waals surface area contributed by atoms with E-state index in [4.69, 9.17) is 11.6 Å². The molecule has 1 aromatic carbocycles. The second-order valence-corrected chi connectivity index (χ2v) is 4.19. The molecule has 0 aliphatic carbocycles. The van der Waals surface area contributed by atoms with E-state index in [1.54, 1.807) is 11.3 Å². The fraction of sp³-hybridized carbons (Fsp3) is 0.0909. The highest BCUT2D eigenvalue weighted by atomic mass is 35.5. The molecule has 2 rings (SSSR count). The molecule has 0 N–H and O–H groups in total. The maximum absolute atomic E-state index is 6.08. The van der Waals surface area contributed by atoms with Gasteiger partial charge in [-0.2, -0.15) is 0 Å². The molecule has 1 heterocycles. The third kappa shape index (κ3) is 1.77. The lowest BCUT2D eigenvalue weighted by Crippen LogP contribution is -1.77. The predicted molar refractivity (Wildman–Crippen MR) is 58.3 cm³/mol. The third-order valence-electron chi connectivity index (χ3n) is 1.86. The monoisotopic (exact) mass is 207 g/mol. The van der Waals surface area contributed by atoms with Crippen LogP contribution in [0.5, 0.6) is 0 Å². The molecule has 1 radical (unpaired) electrons. The molecule has 0 saturated heterocycles. The van der Waals surface area contributed by atoms with E-state index in [-0.39, 0.29) is 0 Å². The van der Waals surface area contributed by atoms with E-state index in [1.165, 1.54) is 10.4 Å². The Bertz CT molecular complexity index is 404. The molecule has 0 aliphatic heterocycles. The van der Waals surface area contributed by atoms with Crippen LogP contribution < -0.4 is 0 Å². The van der Waals surface area contributed by atoms with Crippen molar-refractivity contribution in [2.24, 2.45) is 0 Å². The number of benzene rings is 1. The van der Waals surface area contributed by atoms with Crippen molar-refractivity contribution in [3.63, 3.8) is 0 Å². The highest BCUT2D eigenvalue weighted by molar-refractivity contribution is 7.13. The van der Waals surface area contributed by atoms with E-state index < -0.39 is 0 Å². The summed E-state index contributed by atoms with van der Waals surface area (Å²) in [6, 6.07) is 10.0. The van der Waals surface area contributed by atoms with E-state index >= 15 is 0 Å². The maximum Gasteiger partial charge on any atom is 0.0492 e. The molecular weight excluding hydrogens is 200 g/mol. The summed E-state index contributed by atoms with van der Waals surface area (Å²) in [7, 11) is 0. The molecule has 0 amide bonds. The van der Waals surface area contributed by atoms with Crippen LogP contribution in [0.25, 0.3) is 10.4 Å². The number of rotatable bonds is 1. The van der Waals surface area contributed by atoms with E-state index in [2.05, 4.69) is 18.4 Å². The third-order valence-corrected chi connectivity index (χ3v) is 3.02. The quantitative estimate of drug-likeness (QED) is 0.658. The van der Waals surface area contributed by atoms with Gasteiger partial charge in [-0.05, 0) is 31.2 Å². The van der Waals surface area contributed by atoms with Crippen LogP contribution in [-0.4, -0.2) is 0 Å². The van der Waals surface area contributed by atoms with Gasteiger partial charge in [0, 0.05) is 20.8 Å². The fourth-order valence-electron chi connectivity index (χ4n) is 1.21. The molecule has 1 aromatic heterocycles. The van der Waals surface area contributed by atoms with Gasteiger partial charge < -0.3 is 0 Å². The van der Waals surface area contributed by atoms with Crippen molar-refractivity contribution in [2.45, 2.75) is 6.92 Å². The summed E-state index contributed by atoms with van der Waals surface area (Å²) in [5.41, 5.74) is 2.33. The van der Waals surface area contributed by atoms with Crippen molar-refractivity contribution in [2.75, 3.05) is 0 Å². The Kier molecular flexibility index (Phi) is 2.38. The normalized spacial score (nSPS) is 10.3. The van der Waals surface area contributed by atoms with Gasteiger partial charge in [0.2, 0.25) is 0 Å². The minimum atomic E-state index is 0.807. The largest absolute Gasteiger partial charge is 0.134 e. The van der Waals surface area contributed by atoms with Crippen LogP contribution >= 0.6 is 22.9 Å². The van der Waals surface area contributed by atoms with Crippen LogP contribution in [0, 0.1) is 12.3 Å². The Labute approximate surface area is 86.8 Å². The molecule has 0 nitrogen and oxygen atoms in total. The summed E-state index contributed by atoms with van der Waals surface area (Å²) in [6.45, 7) is 2.07. The van der Waals surface area contributed by atoms with Gasteiger partial charge in [-0.1, -0.05) is 23.2 Å². The fourth-order valence-corrected chi connectivity index (χ4v) is 2.17. The van der Waals surface area contributed by atoms with E-state index in [9.17, 15) is 0 Å². The Morgan fingerprint density at radius 2 is 2.15 bits per heavy atom. The first kappa shape index (κ1) is 8.79. The Morgan fingerprint density at radius 3 is 2.85 bits per heavy atom.